The number of hydrogen-bond donors (Lipinski definition) is 2. The molecule has 0 unspecified atom stereocenters. The summed E-state index contributed by atoms with van der Waals surface area (Å²) in [5, 5.41) is 34.3. The Labute approximate surface area is 114 Å². The summed E-state index contributed by atoms with van der Waals surface area (Å²) in [6, 6.07) is 0. The molecule has 0 aromatic heterocycles. The fraction of sp³-hybridized carbons (Fsp3) is 0.444. The number of nitrogens with one attached hydrogen (secondary N) is 1. The van der Waals surface area contributed by atoms with E-state index in [9.17, 15) is 0 Å². The molecule has 0 aromatic rings. The Bertz CT molecular complexity index is 120. The van der Waals surface area contributed by atoms with Crippen LogP contribution in [0.2, 0.25) is 0 Å². The van der Waals surface area contributed by atoms with Gasteiger partial charge in [0.1, 0.15) is 0 Å². The second-order valence-electron chi connectivity index (χ2n) is 1.14. The van der Waals surface area contributed by atoms with Crippen molar-refractivity contribution in [2.75, 3.05) is 19.6 Å². The number of rotatable bonds is 3. The zero-order valence-corrected chi connectivity index (χ0v) is 10.4. The molecule has 0 saturated heterocycles. The van der Waals surface area contributed by atoms with Crippen molar-refractivity contribution in [2.45, 2.75) is 6.92 Å². The predicted octanol–water partition coefficient (Wildman–Crippen LogP) is 0.0340. The Morgan fingerprint density at radius 2 is 1.06 bits per heavy atom. The molecular formula is C9H12FeN7. The van der Waals surface area contributed by atoms with Crippen LogP contribution < -0.4 is 11.1 Å². The van der Waals surface area contributed by atoms with Crippen molar-refractivity contribution >= 4 is 0 Å². The van der Waals surface area contributed by atoms with Crippen LogP contribution in [0.15, 0.2) is 0 Å². The van der Waals surface area contributed by atoms with Gasteiger partial charge < -0.3 is 70.2 Å². The molecule has 0 fully saturated rings. The molecule has 17 heavy (non-hydrogen) atoms. The van der Waals surface area contributed by atoms with Crippen molar-refractivity contribution in [1.29, 1.82) is 26.3 Å². The Morgan fingerprint density at radius 1 is 0.824 bits per heavy atom. The van der Waals surface area contributed by atoms with Crippen molar-refractivity contribution in [3.63, 3.8) is 0 Å². The van der Waals surface area contributed by atoms with Gasteiger partial charge in [0, 0.05) is 13.1 Å². The van der Waals surface area contributed by atoms with E-state index in [0.717, 1.165) is 19.6 Å². The molecule has 0 spiro atoms. The van der Waals surface area contributed by atoms with Crippen LogP contribution in [0, 0.1) is 59.2 Å². The molecule has 8 heteroatoms. The Balaban J connectivity index is -0.0000000158. The number of nitrogens with zero attached hydrogens (tertiary/aromatic N) is 5. The first-order chi connectivity index (χ1) is 7.91. The number of nitrogens with two attached hydrogens (primary N) is 1. The van der Waals surface area contributed by atoms with Gasteiger partial charge in [0.15, 0.2) is 0 Å². The van der Waals surface area contributed by atoms with E-state index in [4.69, 9.17) is 64.9 Å². The fourth-order valence-electron chi connectivity index (χ4n) is 0.279. The Kier molecular flexibility index (Phi) is 1750. The molecule has 0 heterocycles. The van der Waals surface area contributed by atoms with Gasteiger partial charge in [-0.3, -0.25) is 0 Å². The summed E-state index contributed by atoms with van der Waals surface area (Å²) in [5.74, 6) is 0. The first-order valence-corrected chi connectivity index (χ1v) is 3.44. The van der Waals surface area contributed by atoms with Crippen LogP contribution in [0.1, 0.15) is 6.92 Å². The summed E-state index contributed by atoms with van der Waals surface area (Å²) in [6.07, 6.45) is 0. The first-order valence-electron chi connectivity index (χ1n) is 3.44. The van der Waals surface area contributed by atoms with Crippen LogP contribution in [0.4, 0.5) is 0 Å². The quantitative estimate of drug-likeness (QED) is 0.417. The van der Waals surface area contributed by atoms with Crippen molar-refractivity contribution in [1.82, 2.24) is 5.32 Å². The molecule has 0 bridgehead atoms. The SMILES string of the molecule is CCNCCN.[C-]#N.[C-]#N.[C-]#N.[C-]#N.[C-]#N.[Fe+5]. The van der Waals surface area contributed by atoms with E-state index in [1.54, 1.807) is 0 Å². The maximum Gasteiger partial charge on any atom is 5.00 e. The molecule has 3 N–H and O–H groups in total. The standard InChI is InChI=1S/C4H12N2.5CN.Fe/c1-2-6-4-3-5;5*1-2;/h6H,2-5H2,1H3;;;;;;/q;5*-1;+5. The van der Waals surface area contributed by atoms with E-state index in [2.05, 4.69) is 12.2 Å². The van der Waals surface area contributed by atoms with Crippen molar-refractivity contribution in [3.8, 4) is 0 Å². The summed E-state index contributed by atoms with van der Waals surface area (Å²) < 4.78 is 0. The minimum atomic E-state index is 0. The second kappa shape index (κ2) is 646. The number of likely N-dealkylation sites (N-methyl/N-ethyl adjacent to an activating group) is 1. The summed E-state index contributed by atoms with van der Waals surface area (Å²) in [6.45, 7) is 28.5. The fourth-order valence-corrected chi connectivity index (χ4v) is 0.279. The molecule has 0 aliphatic rings. The van der Waals surface area contributed by atoms with Gasteiger partial charge in [0.05, 0.1) is 0 Å². The minimum Gasteiger partial charge on any atom is -0.512 e. The maximum atomic E-state index is 6.25. The largest absolute Gasteiger partial charge is 5.00 e. The van der Waals surface area contributed by atoms with E-state index in [1.807, 2.05) is 0 Å². The molecule has 0 amide bonds. The van der Waals surface area contributed by atoms with Crippen LogP contribution in [0.5, 0.6) is 0 Å². The molecule has 0 rings (SSSR count). The second-order valence-corrected chi connectivity index (χ2v) is 1.14. The van der Waals surface area contributed by atoms with E-state index in [-0.39, 0.29) is 17.1 Å². The third kappa shape index (κ3) is 2480. The van der Waals surface area contributed by atoms with Crippen molar-refractivity contribution in [2.24, 2.45) is 5.73 Å². The normalized spacial score (nSPS) is 3.76. The van der Waals surface area contributed by atoms with Crippen molar-refractivity contribution < 1.29 is 17.1 Å². The molecule has 0 saturated carbocycles. The molecule has 0 aliphatic heterocycles. The van der Waals surface area contributed by atoms with Gasteiger partial charge in [-0.25, -0.2) is 0 Å². The van der Waals surface area contributed by atoms with Crippen LogP contribution in [-0.4, -0.2) is 19.6 Å². The van der Waals surface area contributed by atoms with Gasteiger partial charge in [-0.15, -0.1) is 0 Å². The van der Waals surface area contributed by atoms with Gasteiger partial charge in [-0.2, -0.15) is 0 Å². The van der Waals surface area contributed by atoms with Gasteiger partial charge in [-0.1, -0.05) is 6.92 Å². The third-order valence-corrected chi connectivity index (χ3v) is 0.571. The predicted molar refractivity (Wildman–Crippen MR) is 52.4 cm³/mol. The summed E-state index contributed by atoms with van der Waals surface area (Å²) >= 11 is 0. The van der Waals surface area contributed by atoms with E-state index in [0.29, 0.717) is 0 Å². The zero-order chi connectivity index (χ0) is 14.8. The summed E-state index contributed by atoms with van der Waals surface area (Å²) in [4.78, 5) is 0. The topological polar surface area (TPSA) is 157 Å². The van der Waals surface area contributed by atoms with Gasteiger partial charge in [0.2, 0.25) is 0 Å². The van der Waals surface area contributed by atoms with Gasteiger partial charge in [-0.05, 0) is 6.54 Å². The van der Waals surface area contributed by atoms with Crippen LogP contribution >= 0.6 is 0 Å². The third-order valence-electron chi connectivity index (χ3n) is 0.571. The molecule has 0 atom stereocenters. The van der Waals surface area contributed by atoms with Gasteiger partial charge >= 0.3 is 17.1 Å². The average Bonchev–Trinajstić information content (AvgIpc) is 2.47. The Hall–Kier alpha value is -2.11. The minimum absolute atomic E-state index is 0. The smallest absolute Gasteiger partial charge is 0.512 e. The van der Waals surface area contributed by atoms with E-state index >= 15 is 0 Å². The Morgan fingerprint density at radius 3 is 1.12 bits per heavy atom. The molecule has 0 aromatic carbocycles. The maximum absolute atomic E-state index is 6.25. The molecule has 0 aliphatic carbocycles. The van der Waals surface area contributed by atoms with E-state index in [1.165, 1.54) is 0 Å². The van der Waals surface area contributed by atoms with Crippen LogP contribution in [0.25, 0.3) is 0 Å². The van der Waals surface area contributed by atoms with E-state index < -0.39 is 0 Å². The molecular weight excluding hydrogens is 262 g/mol. The van der Waals surface area contributed by atoms with Gasteiger partial charge in [0.25, 0.3) is 0 Å². The average molecular weight is 274 g/mol. The monoisotopic (exact) mass is 274 g/mol. The molecule has 7 nitrogen and oxygen atoms in total. The van der Waals surface area contributed by atoms with Crippen LogP contribution in [0.3, 0.4) is 0 Å². The van der Waals surface area contributed by atoms with Crippen LogP contribution in [-0.2, 0) is 17.1 Å². The first kappa shape index (κ1) is 46.1. The molecule has 91 valence electrons. The van der Waals surface area contributed by atoms with Crippen molar-refractivity contribution in [3.05, 3.63) is 32.9 Å². The zero-order valence-electron chi connectivity index (χ0n) is 9.29. The molecule has 1 radical (unpaired) electrons. The number of hydrogen-bond acceptors (Lipinski definition) is 7. The summed E-state index contributed by atoms with van der Waals surface area (Å²) in [7, 11) is 0. The summed E-state index contributed by atoms with van der Waals surface area (Å²) in [5.41, 5.74) is 5.15.